The Kier molecular flexibility index (Phi) is 6.86. The van der Waals surface area contributed by atoms with E-state index in [-0.39, 0.29) is 0 Å². The second kappa shape index (κ2) is 8.19. The van der Waals surface area contributed by atoms with E-state index < -0.39 is 0 Å². The monoisotopic (exact) mass is 263 g/mol. The lowest BCUT2D eigenvalue weighted by Gasteiger charge is -2.19. The average molecular weight is 264 g/mol. The van der Waals surface area contributed by atoms with Crippen LogP contribution in [0.1, 0.15) is 49.8 Å². The summed E-state index contributed by atoms with van der Waals surface area (Å²) in [6.45, 7) is 5.22. The molecule has 0 saturated carbocycles. The Hall–Kier alpha value is -0.970. The second-order valence-corrected chi connectivity index (χ2v) is 5.02. The first-order valence-electron chi connectivity index (χ1n) is 6.62. The lowest BCUT2D eigenvalue weighted by Crippen LogP contribution is -2.22. The van der Waals surface area contributed by atoms with Gasteiger partial charge in [-0.15, -0.1) is 12.3 Å². The van der Waals surface area contributed by atoms with E-state index in [1.807, 2.05) is 6.92 Å². The summed E-state index contributed by atoms with van der Waals surface area (Å²) >= 11 is 6.19. The molecule has 1 nitrogen and oxygen atoms in total. The summed E-state index contributed by atoms with van der Waals surface area (Å²) in [5, 5.41) is 4.40. The van der Waals surface area contributed by atoms with Gasteiger partial charge in [0.1, 0.15) is 0 Å². The third kappa shape index (κ3) is 4.72. The lowest BCUT2D eigenvalue weighted by molar-refractivity contribution is 0.487. The third-order valence-electron chi connectivity index (χ3n) is 3.05. The minimum absolute atomic E-state index is 0.358. The average Bonchev–Trinajstić information content (AvgIpc) is 2.37. The zero-order valence-corrected chi connectivity index (χ0v) is 12.1. The van der Waals surface area contributed by atoms with E-state index in [4.69, 9.17) is 18.0 Å². The number of unbranched alkanes of at least 4 members (excludes halogenated alkanes) is 1. The summed E-state index contributed by atoms with van der Waals surface area (Å²) in [6.07, 6.45) is 9.38. The van der Waals surface area contributed by atoms with Crippen molar-refractivity contribution in [2.24, 2.45) is 0 Å². The normalized spacial score (nSPS) is 12.1. The number of nitrogens with one attached hydrogen (secondary N) is 1. The molecule has 0 aliphatic heterocycles. The lowest BCUT2D eigenvalue weighted by atomic mass is 9.99. The molecule has 1 unspecified atom stereocenters. The van der Waals surface area contributed by atoms with Crippen molar-refractivity contribution in [2.75, 3.05) is 6.54 Å². The Morgan fingerprint density at radius 1 is 1.44 bits per heavy atom. The zero-order chi connectivity index (χ0) is 13.4. The van der Waals surface area contributed by atoms with Gasteiger partial charge in [-0.2, -0.15) is 0 Å². The highest BCUT2D eigenvalue weighted by atomic mass is 35.5. The Bertz CT molecular complexity index is 406. The Balaban J connectivity index is 2.73. The molecule has 98 valence electrons. The maximum atomic E-state index is 6.19. The molecule has 1 N–H and O–H groups in total. The van der Waals surface area contributed by atoms with Crippen LogP contribution in [0.25, 0.3) is 0 Å². The van der Waals surface area contributed by atoms with Crippen molar-refractivity contribution in [3.63, 3.8) is 0 Å². The standard InChI is InChI=1S/C16H22ClN/c1-4-6-7-8-16(18-11-5-2)14-10-9-13(3)15(17)12-14/h1,9-10,12,16,18H,5-8,11H2,2-3H3. The molecule has 0 spiro atoms. The Labute approximate surface area is 116 Å². The van der Waals surface area contributed by atoms with Crippen molar-refractivity contribution in [2.45, 2.75) is 45.6 Å². The van der Waals surface area contributed by atoms with Gasteiger partial charge in [0.25, 0.3) is 0 Å². The SMILES string of the molecule is C#CCCCC(NCCC)c1ccc(C)c(Cl)c1. The fraction of sp³-hybridized carbons (Fsp3) is 0.500. The van der Waals surface area contributed by atoms with Gasteiger partial charge in [-0.3, -0.25) is 0 Å². The molecular formula is C16H22ClN. The van der Waals surface area contributed by atoms with E-state index in [2.05, 4.69) is 36.4 Å². The van der Waals surface area contributed by atoms with Crippen molar-refractivity contribution in [1.82, 2.24) is 5.32 Å². The molecule has 1 atom stereocenters. The minimum atomic E-state index is 0.358. The maximum absolute atomic E-state index is 6.19. The van der Waals surface area contributed by atoms with E-state index >= 15 is 0 Å². The molecule has 0 aliphatic carbocycles. The summed E-state index contributed by atoms with van der Waals surface area (Å²) in [7, 11) is 0. The highest BCUT2D eigenvalue weighted by Gasteiger charge is 2.11. The molecule has 0 bridgehead atoms. The number of terminal acetylenes is 1. The predicted molar refractivity (Wildman–Crippen MR) is 79.9 cm³/mol. The molecule has 0 radical (unpaired) electrons. The molecule has 0 fully saturated rings. The summed E-state index contributed by atoms with van der Waals surface area (Å²) in [6, 6.07) is 6.67. The van der Waals surface area contributed by atoms with Gasteiger partial charge in [0.05, 0.1) is 0 Å². The molecule has 1 rings (SSSR count). The van der Waals surface area contributed by atoms with Gasteiger partial charge in [0.15, 0.2) is 0 Å². The van der Waals surface area contributed by atoms with Crippen LogP contribution in [-0.2, 0) is 0 Å². The maximum Gasteiger partial charge on any atom is 0.0438 e. The summed E-state index contributed by atoms with van der Waals surface area (Å²) in [5.74, 6) is 2.70. The molecular weight excluding hydrogens is 242 g/mol. The molecule has 0 aliphatic rings. The molecule has 0 heterocycles. The van der Waals surface area contributed by atoms with Crippen LogP contribution in [0.15, 0.2) is 18.2 Å². The fourth-order valence-corrected chi connectivity index (χ4v) is 2.13. The highest BCUT2D eigenvalue weighted by molar-refractivity contribution is 6.31. The molecule has 1 aromatic carbocycles. The zero-order valence-electron chi connectivity index (χ0n) is 11.3. The van der Waals surface area contributed by atoms with Gasteiger partial charge in [0, 0.05) is 17.5 Å². The second-order valence-electron chi connectivity index (χ2n) is 4.61. The summed E-state index contributed by atoms with van der Waals surface area (Å²) < 4.78 is 0. The van der Waals surface area contributed by atoms with Crippen LogP contribution in [0.4, 0.5) is 0 Å². The van der Waals surface area contributed by atoms with E-state index in [1.54, 1.807) is 0 Å². The molecule has 0 aromatic heterocycles. The van der Waals surface area contributed by atoms with Gasteiger partial charge in [-0.25, -0.2) is 0 Å². The van der Waals surface area contributed by atoms with E-state index in [9.17, 15) is 0 Å². The van der Waals surface area contributed by atoms with Crippen LogP contribution < -0.4 is 5.32 Å². The largest absolute Gasteiger partial charge is 0.310 e. The smallest absolute Gasteiger partial charge is 0.0438 e. The molecule has 0 amide bonds. The molecule has 0 saturated heterocycles. The van der Waals surface area contributed by atoms with Gasteiger partial charge in [-0.1, -0.05) is 30.7 Å². The van der Waals surface area contributed by atoms with Crippen LogP contribution in [0, 0.1) is 19.3 Å². The van der Waals surface area contributed by atoms with Crippen LogP contribution in [-0.4, -0.2) is 6.54 Å². The Morgan fingerprint density at radius 3 is 2.83 bits per heavy atom. The fourth-order valence-electron chi connectivity index (χ4n) is 1.94. The molecule has 18 heavy (non-hydrogen) atoms. The van der Waals surface area contributed by atoms with Crippen LogP contribution in [0.3, 0.4) is 0 Å². The highest BCUT2D eigenvalue weighted by Crippen LogP contribution is 2.24. The van der Waals surface area contributed by atoms with Crippen molar-refractivity contribution < 1.29 is 0 Å². The van der Waals surface area contributed by atoms with Gasteiger partial charge in [0.2, 0.25) is 0 Å². The van der Waals surface area contributed by atoms with E-state index in [0.29, 0.717) is 6.04 Å². The van der Waals surface area contributed by atoms with E-state index in [1.165, 1.54) is 5.56 Å². The van der Waals surface area contributed by atoms with Crippen molar-refractivity contribution in [3.05, 3.63) is 34.3 Å². The molecule has 1 aromatic rings. The summed E-state index contributed by atoms with van der Waals surface area (Å²) in [4.78, 5) is 0. The first kappa shape index (κ1) is 15.1. The van der Waals surface area contributed by atoms with Gasteiger partial charge >= 0.3 is 0 Å². The minimum Gasteiger partial charge on any atom is -0.310 e. The first-order valence-corrected chi connectivity index (χ1v) is 6.99. The van der Waals surface area contributed by atoms with Crippen LogP contribution >= 0.6 is 11.6 Å². The number of hydrogen-bond donors (Lipinski definition) is 1. The van der Waals surface area contributed by atoms with Crippen molar-refractivity contribution in [3.8, 4) is 12.3 Å². The number of benzene rings is 1. The number of aryl methyl sites for hydroxylation is 1. The Morgan fingerprint density at radius 2 is 2.22 bits per heavy atom. The quantitative estimate of drug-likeness (QED) is 0.564. The molecule has 2 heteroatoms. The van der Waals surface area contributed by atoms with Crippen LogP contribution in [0.5, 0.6) is 0 Å². The summed E-state index contributed by atoms with van der Waals surface area (Å²) in [5.41, 5.74) is 2.38. The van der Waals surface area contributed by atoms with Crippen LogP contribution in [0.2, 0.25) is 5.02 Å². The first-order chi connectivity index (χ1) is 8.69. The third-order valence-corrected chi connectivity index (χ3v) is 3.46. The topological polar surface area (TPSA) is 12.0 Å². The van der Waals surface area contributed by atoms with E-state index in [0.717, 1.165) is 42.8 Å². The van der Waals surface area contributed by atoms with Crippen molar-refractivity contribution >= 4 is 11.6 Å². The number of hydrogen-bond acceptors (Lipinski definition) is 1. The van der Waals surface area contributed by atoms with Gasteiger partial charge in [-0.05, 0) is 49.9 Å². The van der Waals surface area contributed by atoms with Gasteiger partial charge < -0.3 is 5.32 Å². The van der Waals surface area contributed by atoms with Crippen molar-refractivity contribution in [1.29, 1.82) is 0 Å². The predicted octanol–water partition coefficient (Wildman–Crippen LogP) is 4.49. The number of halogens is 1. The number of rotatable bonds is 7.